The van der Waals surface area contributed by atoms with Gasteiger partial charge >= 0.3 is 6.09 Å². The van der Waals surface area contributed by atoms with Gasteiger partial charge in [-0.2, -0.15) is 0 Å². The van der Waals surface area contributed by atoms with Crippen molar-refractivity contribution in [1.29, 1.82) is 0 Å². The Kier molecular flexibility index (Phi) is 4.49. The second kappa shape index (κ2) is 6.96. The average molecular weight is 384 g/mol. The number of carbonyl (C=O) groups is 2. The summed E-state index contributed by atoms with van der Waals surface area (Å²) in [6.45, 7) is 1.51. The molecule has 6 nitrogen and oxygen atoms in total. The number of aromatic nitrogens is 1. The molecule has 0 saturated carbocycles. The SMILES string of the molecule is Cn1c(C(=O)Nc2ccc(CN3CCOC3=O)cc2)c(Cl)c2ccccc21. The number of aryl methyl sites for hydroxylation is 1. The zero-order chi connectivity index (χ0) is 19.0. The fourth-order valence-electron chi connectivity index (χ4n) is 3.27. The Bertz CT molecular complexity index is 988. The first-order chi connectivity index (χ1) is 13.0. The Morgan fingerprint density at radius 2 is 1.93 bits per heavy atom. The second-order valence-electron chi connectivity index (χ2n) is 6.43. The lowest BCUT2D eigenvalue weighted by atomic mass is 10.2. The highest BCUT2D eigenvalue weighted by Crippen LogP contribution is 2.30. The highest BCUT2D eigenvalue weighted by molar-refractivity contribution is 6.39. The van der Waals surface area contributed by atoms with Crippen LogP contribution in [0.15, 0.2) is 48.5 Å². The molecule has 0 aliphatic carbocycles. The average Bonchev–Trinajstić information content (AvgIpc) is 3.18. The van der Waals surface area contributed by atoms with Gasteiger partial charge in [0, 0.05) is 30.2 Å². The van der Waals surface area contributed by atoms with Crippen LogP contribution in [0.2, 0.25) is 5.02 Å². The molecule has 2 amide bonds. The maximum Gasteiger partial charge on any atom is 0.410 e. The topological polar surface area (TPSA) is 63.6 Å². The first kappa shape index (κ1) is 17.4. The number of para-hydroxylation sites is 1. The van der Waals surface area contributed by atoms with E-state index in [2.05, 4.69) is 5.32 Å². The number of hydrogen-bond donors (Lipinski definition) is 1. The molecule has 1 fully saturated rings. The molecule has 1 saturated heterocycles. The van der Waals surface area contributed by atoms with Gasteiger partial charge in [-0.3, -0.25) is 4.79 Å². The largest absolute Gasteiger partial charge is 0.448 e. The van der Waals surface area contributed by atoms with Gasteiger partial charge in [-0.1, -0.05) is 41.9 Å². The first-order valence-electron chi connectivity index (χ1n) is 8.59. The summed E-state index contributed by atoms with van der Waals surface area (Å²) >= 11 is 6.43. The molecule has 3 aromatic rings. The van der Waals surface area contributed by atoms with Crippen LogP contribution < -0.4 is 5.32 Å². The standard InChI is InChI=1S/C20H18ClN3O3/c1-23-16-5-3-2-4-15(16)17(21)18(23)19(25)22-14-8-6-13(7-9-14)12-24-10-11-27-20(24)26/h2-9H,10-12H2,1H3,(H,22,25). The van der Waals surface area contributed by atoms with Crippen molar-refractivity contribution in [3.8, 4) is 0 Å². The fraction of sp³-hybridized carbons (Fsp3) is 0.200. The third kappa shape index (κ3) is 3.24. The van der Waals surface area contributed by atoms with Crippen molar-refractivity contribution in [3.63, 3.8) is 0 Å². The summed E-state index contributed by atoms with van der Waals surface area (Å²) < 4.78 is 6.72. The number of benzene rings is 2. The number of amides is 2. The number of rotatable bonds is 4. The fourth-order valence-corrected chi connectivity index (χ4v) is 3.64. The minimum absolute atomic E-state index is 0.269. The molecule has 1 aliphatic rings. The molecule has 1 aliphatic heterocycles. The maximum atomic E-state index is 12.7. The van der Waals surface area contributed by atoms with Crippen LogP contribution in [0.3, 0.4) is 0 Å². The van der Waals surface area contributed by atoms with Gasteiger partial charge in [0.05, 0.1) is 11.6 Å². The molecule has 0 unspecified atom stereocenters. The molecule has 27 heavy (non-hydrogen) atoms. The van der Waals surface area contributed by atoms with Crippen molar-refractivity contribution in [2.75, 3.05) is 18.5 Å². The predicted molar refractivity (Wildman–Crippen MR) is 104 cm³/mol. The van der Waals surface area contributed by atoms with E-state index >= 15 is 0 Å². The van der Waals surface area contributed by atoms with Gasteiger partial charge in [0.2, 0.25) is 0 Å². The number of ether oxygens (including phenoxy) is 1. The number of hydrogen-bond acceptors (Lipinski definition) is 3. The molecule has 2 aromatic carbocycles. The Hall–Kier alpha value is -2.99. The molecule has 1 aromatic heterocycles. The lowest BCUT2D eigenvalue weighted by Crippen LogP contribution is -2.23. The van der Waals surface area contributed by atoms with Gasteiger partial charge in [0.1, 0.15) is 12.3 Å². The molecule has 138 valence electrons. The van der Waals surface area contributed by atoms with Crippen LogP contribution in [0, 0.1) is 0 Å². The van der Waals surface area contributed by atoms with E-state index in [0.717, 1.165) is 16.5 Å². The van der Waals surface area contributed by atoms with Crippen LogP contribution in [0.25, 0.3) is 10.9 Å². The molecule has 0 spiro atoms. The van der Waals surface area contributed by atoms with E-state index < -0.39 is 0 Å². The van der Waals surface area contributed by atoms with E-state index in [0.29, 0.717) is 36.1 Å². The zero-order valence-corrected chi connectivity index (χ0v) is 15.5. The van der Waals surface area contributed by atoms with Crippen LogP contribution in [-0.2, 0) is 18.3 Å². The Morgan fingerprint density at radius 1 is 1.19 bits per heavy atom. The van der Waals surface area contributed by atoms with Crippen LogP contribution in [0.1, 0.15) is 16.1 Å². The minimum atomic E-state index is -0.294. The van der Waals surface area contributed by atoms with E-state index in [1.54, 1.807) is 9.47 Å². The summed E-state index contributed by atoms with van der Waals surface area (Å²) in [4.78, 5) is 25.9. The molecule has 0 atom stereocenters. The third-order valence-electron chi connectivity index (χ3n) is 4.69. The van der Waals surface area contributed by atoms with Crippen LogP contribution in [-0.4, -0.2) is 34.6 Å². The molecule has 4 rings (SSSR count). The van der Waals surface area contributed by atoms with Crippen LogP contribution in [0.4, 0.5) is 10.5 Å². The molecule has 7 heteroatoms. The monoisotopic (exact) mass is 383 g/mol. The summed E-state index contributed by atoms with van der Waals surface area (Å²) in [6.07, 6.45) is -0.294. The summed E-state index contributed by atoms with van der Waals surface area (Å²) in [7, 11) is 1.82. The number of anilines is 1. The highest BCUT2D eigenvalue weighted by atomic mass is 35.5. The lowest BCUT2D eigenvalue weighted by molar-refractivity contribution is 0.102. The van der Waals surface area contributed by atoms with E-state index in [-0.39, 0.29) is 12.0 Å². The number of fused-ring (bicyclic) bond motifs is 1. The Balaban J connectivity index is 1.51. The van der Waals surface area contributed by atoms with Gasteiger partial charge in [-0.15, -0.1) is 0 Å². The predicted octanol–water partition coefficient (Wildman–Crippen LogP) is 4.04. The van der Waals surface area contributed by atoms with E-state index in [1.807, 2.05) is 55.6 Å². The summed E-state index contributed by atoms with van der Waals surface area (Å²) in [5.74, 6) is -0.269. The van der Waals surface area contributed by atoms with Crippen molar-refractivity contribution >= 4 is 40.2 Å². The van der Waals surface area contributed by atoms with E-state index in [9.17, 15) is 9.59 Å². The zero-order valence-electron chi connectivity index (χ0n) is 14.7. The Morgan fingerprint density at radius 3 is 2.59 bits per heavy atom. The number of cyclic esters (lactones) is 1. The maximum absolute atomic E-state index is 12.7. The highest BCUT2D eigenvalue weighted by Gasteiger charge is 2.22. The quantitative estimate of drug-likeness (QED) is 0.739. The molecule has 2 heterocycles. The van der Waals surface area contributed by atoms with Crippen LogP contribution in [0.5, 0.6) is 0 Å². The molecular formula is C20H18ClN3O3. The van der Waals surface area contributed by atoms with Crippen LogP contribution >= 0.6 is 11.6 Å². The number of nitrogens with zero attached hydrogens (tertiary/aromatic N) is 2. The normalized spacial score (nSPS) is 13.9. The second-order valence-corrected chi connectivity index (χ2v) is 6.80. The van der Waals surface area contributed by atoms with E-state index in [1.165, 1.54) is 0 Å². The summed E-state index contributed by atoms with van der Waals surface area (Å²) in [6, 6.07) is 15.0. The van der Waals surface area contributed by atoms with Crippen molar-refractivity contribution in [1.82, 2.24) is 9.47 Å². The van der Waals surface area contributed by atoms with Gasteiger partial charge in [-0.05, 0) is 23.8 Å². The number of halogens is 1. The van der Waals surface area contributed by atoms with Crippen molar-refractivity contribution in [2.45, 2.75) is 6.54 Å². The first-order valence-corrected chi connectivity index (χ1v) is 8.97. The molecule has 0 radical (unpaired) electrons. The molecule has 1 N–H and O–H groups in total. The minimum Gasteiger partial charge on any atom is -0.448 e. The van der Waals surface area contributed by atoms with Crippen molar-refractivity contribution in [3.05, 3.63) is 64.8 Å². The number of nitrogens with one attached hydrogen (secondary N) is 1. The summed E-state index contributed by atoms with van der Waals surface area (Å²) in [5, 5.41) is 4.17. The van der Waals surface area contributed by atoms with Crippen molar-refractivity contribution < 1.29 is 14.3 Å². The van der Waals surface area contributed by atoms with Gasteiger partial charge in [0.25, 0.3) is 5.91 Å². The molecular weight excluding hydrogens is 366 g/mol. The lowest BCUT2D eigenvalue weighted by Gasteiger charge is -2.13. The van der Waals surface area contributed by atoms with Crippen molar-refractivity contribution in [2.24, 2.45) is 7.05 Å². The van der Waals surface area contributed by atoms with Gasteiger partial charge in [0.15, 0.2) is 0 Å². The van der Waals surface area contributed by atoms with Gasteiger partial charge in [-0.25, -0.2) is 4.79 Å². The smallest absolute Gasteiger partial charge is 0.410 e. The van der Waals surface area contributed by atoms with E-state index in [4.69, 9.17) is 16.3 Å². The van der Waals surface area contributed by atoms with Gasteiger partial charge < -0.3 is 19.5 Å². The Labute approximate surface area is 161 Å². The number of carbonyl (C=O) groups excluding carboxylic acids is 2. The third-order valence-corrected chi connectivity index (χ3v) is 5.07. The molecule has 0 bridgehead atoms. The summed E-state index contributed by atoms with van der Waals surface area (Å²) in [5.41, 5.74) is 2.95.